The number of benzene rings is 2. The summed E-state index contributed by atoms with van der Waals surface area (Å²) in [5.74, 6) is -1.40. The molecule has 0 spiro atoms. The van der Waals surface area contributed by atoms with Crippen molar-refractivity contribution in [3.8, 4) is 0 Å². The molecule has 0 aromatic heterocycles. The molecule has 2 aromatic rings. The number of likely N-dealkylation sites (N-methyl/N-ethyl adjacent to an activating group) is 1. The molecule has 244 valence electrons. The van der Waals surface area contributed by atoms with Crippen LogP contribution in [0, 0.1) is 5.92 Å². The summed E-state index contributed by atoms with van der Waals surface area (Å²) in [5.41, 5.74) is 2.37. The average molecular weight is 656 g/mol. The third kappa shape index (κ3) is 10.9. The van der Waals surface area contributed by atoms with Crippen molar-refractivity contribution in [2.75, 3.05) is 24.8 Å². The molecule has 0 fully saturated rings. The number of rotatable bonds is 16. The van der Waals surface area contributed by atoms with Gasteiger partial charge in [0.2, 0.25) is 23.6 Å². The zero-order valence-electron chi connectivity index (χ0n) is 26.3. The molecular formula is C33H45N5O5S2. The number of fused-ring (bicyclic) bond motifs is 2. The lowest BCUT2D eigenvalue weighted by atomic mass is 9.95. The maximum atomic E-state index is 13.7. The topological polar surface area (TPSA) is 146 Å². The molecule has 2 bridgehead atoms. The van der Waals surface area contributed by atoms with Crippen LogP contribution in [0.4, 0.5) is 0 Å². The highest BCUT2D eigenvalue weighted by molar-refractivity contribution is 7.98. The minimum Gasteiger partial charge on any atom is -0.344 e. The molecule has 0 saturated heterocycles. The van der Waals surface area contributed by atoms with E-state index < -0.39 is 47.9 Å². The third-order valence-electron chi connectivity index (χ3n) is 7.63. The number of hydrogen-bond donors (Lipinski definition) is 6. The number of thioether (sulfide) groups is 1. The molecule has 0 unspecified atom stereocenters. The molecule has 0 aliphatic carbocycles. The van der Waals surface area contributed by atoms with Gasteiger partial charge in [-0.2, -0.15) is 24.4 Å². The van der Waals surface area contributed by atoms with Crippen molar-refractivity contribution < 1.29 is 24.0 Å². The molecule has 12 heteroatoms. The second-order valence-corrected chi connectivity index (χ2v) is 12.9. The lowest BCUT2D eigenvalue weighted by Crippen LogP contribution is -2.57. The first-order valence-electron chi connectivity index (χ1n) is 15.2. The summed E-state index contributed by atoms with van der Waals surface area (Å²) in [7, 11) is 1.70. The van der Waals surface area contributed by atoms with Crippen LogP contribution in [0.15, 0.2) is 54.6 Å². The molecule has 5 N–H and O–H groups in total. The Morgan fingerprint density at radius 2 is 1.71 bits per heavy atom. The van der Waals surface area contributed by atoms with Crippen molar-refractivity contribution in [2.45, 2.75) is 69.7 Å². The predicted molar refractivity (Wildman–Crippen MR) is 181 cm³/mol. The quantitative estimate of drug-likeness (QED) is 0.152. The molecule has 1 aliphatic rings. The number of hydrogen-bond acceptors (Lipinski definition) is 8. The zero-order chi connectivity index (χ0) is 32.9. The van der Waals surface area contributed by atoms with Gasteiger partial charge in [-0.15, -0.1) is 0 Å². The second-order valence-electron chi connectivity index (χ2n) is 11.6. The highest BCUT2D eigenvalue weighted by Gasteiger charge is 2.34. The average Bonchev–Trinajstić information content (AvgIpc) is 3.02. The molecule has 5 atom stereocenters. The Bertz CT molecular complexity index is 1330. The van der Waals surface area contributed by atoms with Gasteiger partial charge in [-0.3, -0.25) is 24.0 Å². The smallest absolute Gasteiger partial charge is 0.247 e. The third-order valence-corrected chi connectivity index (χ3v) is 8.67. The van der Waals surface area contributed by atoms with Crippen LogP contribution in [0.1, 0.15) is 49.4 Å². The van der Waals surface area contributed by atoms with Crippen LogP contribution < -0.4 is 26.6 Å². The number of Topliss-reactive ketones (excluding diaryl/α,β-unsaturated/α-hetero) is 1. The van der Waals surface area contributed by atoms with E-state index in [9.17, 15) is 24.0 Å². The van der Waals surface area contributed by atoms with Crippen LogP contribution in [-0.2, 0) is 36.8 Å². The fourth-order valence-electron chi connectivity index (χ4n) is 5.18. The van der Waals surface area contributed by atoms with Crippen LogP contribution in [-0.4, -0.2) is 78.4 Å². The molecule has 2 aromatic carbocycles. The molecule has 1 heterocycles. The fourth-order valence-corrected chi connectivity index (χ4v) is 6.04. The lowest BCUT2D eigenvalue weighted by Gasteiger charge is -2.29. The van der Waals surface area contributed by atoms with Gasteiger partial charge in [0.05, 0.1) is 12.1 Å². The molecule has 45 heavy (non-hydrogen) atoms. The maximum Gasteiger partial charge on any atom is 0.247 e. The molecule has 1 aliphatic heterocycles. The van der Waals surface area contributed by atoms with Crippen LogP contribution in [0.5, 0.6) is 0 Å². The summed E-state index contributed by atoms with van der Waals surface area (Å²) in [5, 5.41) is 14.2. The molecule has 0 radical (unpaired) electrons. The monoisotopic (exact) mass is 655 g/mol. The van der Waals surface area contributed by atoms with Crippen molar-refractivity contribution in [1.29, 1.82) is 0 Å². The van der Waals surface area contributed by atoms with Gasteiger partial charge in [0.25, 0.3) is 0 Å². The van der Waals surface area contributed by atoms with E-state index in [4.69, 9.17) is 0 Å². The summed E-state index contributed by atoms with van der Waals surface area (Å²) < 4.78 is 0. The van der Waals surface area contributed by atoms with Gasteiger partial charge in [0.15, 0.2) is 5.78 Å². The second kappa shape index (κ2) is 18.0. The Morgan fingerprint density at radius 1 is 0.978 bits per heavy atom. The zero-order valence-corrected chi connectivity index (χ0v) is 28.0. The Balaban J connectivity index is 1.71. The SMILES string of the molecule is CN[C@@H](CC(C)C)C(=O)N[C@H]1Cc2cccc(c2)[C@@H](C(=O)N[C@@H](CSC)C(=O)N[C@@H](CS)C(=O)CCc2ccccc2)NC1=O. The molecular weight excluding hydrogens is 611 g/mol. The Morgan fingerprint density at radius 3 is 2.36 bits per heavy atom. The number of carbonyl (C=O) groups excluding carboxylic acids is 5. The largest absolute Gasteiger partial charge is 0.344 e. The summed E-state index contributed by atoms with van der Waals surface area (Å²) in [6.45, 7) is 4.03. The van der Waals surface area contributed by atoms with E-state index in [0.29, 0.717) is 18.4 Å². The highest BCUT2D eigenvalue weighted by Crippen LogP contribution is 2.20. The normalized spacial score (nSPS) is 18.0. The highest BCUT2D eigenvalue weighted by atomic mass is 32.2. The van der Waals surface area contributed by atoms with E-state index in [1.165, 1.54) is 11.8 Å². The van der Waals surface area contributed by atoms with Crippen molar-refractivity contribution in [3.05, 3.63) is 71.3 Å². The van der Waals surface area contributed by atoms with Crippen molar-refractivity contribution in [2.24, 2.45) is 5.92 Å². The van der Waals surface area contributed by atoms with E-state index in [0.717, 1.165) is 11.1 Å². The van der Waals surface area contributed by atoms with Crippen LogP contribution in [0.25, 0.3) is 0 Å². The first-order chi connectivity index (χ1) is 21.6. The molecule has 4 amide bonds. The number of aryl methyl sites for hydroxylation is 1. The van der Waals surface area contributed by atoms with Crippen LogP contribution >= 0.6 is 24.4 Å². The summed E-state index contributed by atoms with van der Waals surface area (Å²) in [6, 6.07) is 12.6. The summed E-state index contributed by atoms with van der Waals surface area (Å²) >= 11 is 5.65. The van der Waals surface area contributed by atoms with Crippen LogP contribution in [0.2, 0.25) is 0 Å². The van der Waals surface area contributed by atoms with Crippen LogP contribution in [0.3, 0.4) is 0 Å². The minimum atomic E-state index is -1.10. The predicted octanol–water partition coefficient (Wildman–Crippen LogP) is 1.98. The van der Waals surface area contributed by atoms with Crippen molar-refractivity contribution in [3.63, 3.8) is 0 Å². The molecule has 10 nitrogen and oxygen atoms in total. The van der Waals surface area contributed by atoms with Gasteiger partial charge in [0, 0.05) is 24.3 Å². The maximum absolute atomic E-state index is 13.7. The number of nitrogens with one attached hydrogen (secondary N) is 5. The Labute approximate surface area is 275 Å². The minimum absolute atomic E-state index is 0.115. The Kier molecular flexibility index (Phi) is 14.4. The van der Waals surface area contributed by atoms with Gasteiger partial charge in [0.1, 0.15) is 18.1 Å². The number of ketones is 1. The van der Waals surface area contributed by atoms with E-state index >= 15 is 0 Å². The summed E-state index contributed by atoms with van der Waals surface area (Å²) in [6.07, 6.45) is 3.45. The first-order valence-corrected chi connectivity index (χ1v) is 17.2. The van der Waals surface area contributed by atoms with Crippen molar-refractivity contribution in [1.82, 2.24) is 26.6 Å². The number of thiol groups is 1. The van der Waals surface area contributed by atoms with E-state index in [2.05, 4.69) is 39.2 Å². The first kappa shape index (κ1) is 36.1. The number of amides is 4. The Hall–Kier alpha value is -3.35. The van der Waals surface area contributed by atoms with Crippen molar-refractivity contribution >= 4 is 53.8 Å². The van der Waals surface area contributed by atoms with E-state index in [-0.39, 0.29) is 42.0 Å². The summed E-state index contributed by atoms with van der Waals surface area (Å²) in [4.78, 5) is 66.4. The fraction of sp³-hybridized carbons (Fsp3) is 0.485. The number of carbonyl (C=O) groups is 5. The van der Waals surface area contributed by atoms with Gasteiger partial charge < -0.3 is 26.6 Å². The van der Waals surface area contributed by atoms with Gasteiger partial charge in [-0.25, -0.2) is 0 Å². The van der Waals surface area contributed by atoms with Gasteiger partial charge >= 0.3 is 0 Å². The molecule has 0 saturated carbocycles. The van der Waals surface area contributed by atoms with E-state index in [1.807, 2.05) is 56.3 Å². The molecule has 3 rings (SSSR count). The van der Waals surface area contributed by atoms with Gasteiger partial charge in [-0.1, -0.05) is 68.4 Å². The lowest BCUT2D eigenvalue weighted by molar-refractivity contribution is -0.134. The van der Waals surface area contributed by atoms with E-state index in [1.54, 1.807) is 25.4 Å². The van der Waals surface area contributed by atoms with Gasteiger partial charge in [-0.05, 0) is 48.8 Å². The standard InChI is InChI=1S/C33H45N5O5S2/c1-20(2)15-24(34-3)30(40)35-25-17-22-11-8-12-23(16-22)29(38-31(25)41)33(43)37-27(19-45-4)32(42)36-26(18-44)28(39)14-13-21-9-6-5-7-10-21/h5-12,16,20,24-27,29,34,44H,13-15,17-19H2,1-4H3,(H,35,40)(H,36,42)(H,37,43)(H,38,41)/t24-,25-,26-,27-,29-/m0/s1.